The highest BCUT2D eigenvalue weighted by Crippen LogP contribution is 2.40. The molecule has 0 saturated carbocycles. The molecule has 1 aliphatic rings. The molecule has 7 rings (SSSR count). The number of rotatable bonds is 8. The molecule has 2 aromatic carbocycles. The predicted octanol–water partition coefficient (Wildman–Crippen LogP) is 7.19. The van der Waals surface area contributed by atoms with Crippen LogP contribution in [0.5, 0.6) is 11.5 Å². The van der Waals surface area contributed by atoms with E-state index in [1.807, 2.05) is 51.3 Å². The number of anilines is 1. The standard InChI is InChI=1S/C36H35N7O5S2/c1-23-5-9-27(10-6-23)50(45,46)43-21-28(29-18-31(41-22-40-29)39-19-32-37-14-16-49-32)33-30(11-13-38-34(33)43)47-26-8-7-24-12-15-42(20-25(24)17-26)35(44)48-36(2,3)4/h5-11,13-14,16-18,21-22H,12,15,19-20H2,1-4H3,(H,39,40,41). The van der Waals surface area contributed by atoms with Crippen LogP contribution in [0.15, 0.2) is 89.8 Å². The van der Waals surface area contributed by atoms with Gasteiger partial charge >= 0.3 is 6.09 Å². The molecule has 0 radical (unpaired) electrons. The van der Waals surface area contributed by atoms with Gasteiger partial charge in [0.1, 0.15) is 34.3 Å². The van der Waals surface area contributed by atoms with Crippen molar-refractivity contribution in [1.82, 2.24) is 28.8 Å². The number of carbonyl (C=O) groups excluding carboxylic acids is 1. The summed E-state index contributed by atoms with van der Waals surface area (Å²) in [6.45, 7) is 8.84. The summed E-state index contributed by atoms with van der Waals surface area (Å²) in [5.74, 6) is 1.46. The number of thiazole rings is 1. The van der Waals surface area contributed by atoms with Gasteiger partial charge in [-0.2, -0.15) is 0 Å². The van der Waals surface area contributed by atoms with Gasteiger partial charge in [0.25, 0.3) is 10.0 Å². The lowest BCUT2D eigenvalue weighted by Gasteiger charge is -2.31. The van der Waals surface area contributed by atoms with Crippen LogP contribution in [0.4, 0.5) is 10.6 Å². The summed E-state index contributed by atoms with van der Waals surface area (Å²) in [4.78, 5) is 32.4. The molecule has 0 unspecified atom stereocenters. The van der Waals surface area contributed by atoms with Crippen LogP contribution < -0.4 is 10.1 Å². The number of carbonyl (C=O) groups is 1. The molecule has 1 N–H and O–H groups in total. The van der Waals surface area contributed by atoms with Gasteiger partial charge in [-0.05, 0) is 75.6 Å². The van der Waals surface area contributed by atoms with Crippen molar-refractivity contribution in [2.45, 2.75) is 57.7 Å². The summed E-state index contributed by atoms with van der Waals surface area (Å²) in [5, 5.41) is 6.52. The molecule has 12 nitrogen and oxygen atoms in total. The monoisotopic (exact) mass is 709 g/mol. The Kier molecular flexibility index (Phi) is 8.74. The van der Waals surface area contributed by atoms with E-state index in [4.69, 9.17) is 9.47 Å². The van der Waals surface area contributed by atoms with Crippen LogP contribution in [0.1, 0.15) is 42.5 Å². The Labute approximate surface area is 293 Å². The number of hydrogen-bond donors (Lipinski definition) is 1. The number of fused-ring (bicyclic) bond motifs is 2. The van der Waals surface area contributed by atoms with Crippen molar-refractivity contribution >= 4 is 44.3 Å². The van der Waals surface area contributed by atoms with Gasteiger partial charge in [-0.3, -0.25) is 0 Å². The average Bonchev–Trinajstić information content (AvgIpc) is 3.76. The molecule has 256 valence electrons. The summed E-state index contributed by atoms with van der Waals surface area (Å²) >= 11 is 1.53. The lowest BCUT2D eigenvalue weighted by atomic mass is 10.00. The SMILES string of the molecule is Cc1ccc(S(=O)(=O)n2cc(-c3cc(NCc4nccs4)ncn3)c3c(Oc4ccc5c(c4)CN(C(=O)OC(C)(C)C)CC5)ccnc32)cc1. The summed E-state index contributed by atoms with van der Waals surface area (Å²) in [5.41, 5.74) is 3.55. The number of aryl methyl sites for hydroxylation is 1. The molecule has 0 saturated heterocycles. The topological polar surface area (TPSA) is 141 Å². The van der Waals surface area contributed by atoms with Gasteiger partial charge in [0.05, 0.1) is 22.5 Å². The fraction of sp³-hybridized carbons (Fsp3) is 0.250. The number of hydrogen-bond acceptors (Lipinski definition) is 11. The predicted molar refractivity (Wildman–Crippen MR) is 191 cm³/mol. The summed E-state index contributed by atoms with van der Waals surface area (Å²) in [6, 6.07) is 15.9. The number of aromatic nitrogens is 5. The van der Waals surface area contributed by atoms with Crippen LogP contribution in [-0.4, -0.2) is 55.5 Å². The van der Waals surface area contributed by atoms with Gasteiger partial charge in [-0.1, -0.05) is 23.8 Å². The minimum absolute atomic E-state index is 0.123. The number of amides is 1. The maximum Gasteiger partial charge on any atom is 0.410 e. The second kappa shape index (κ2) is 13.2. The second-order valence-electron chi connectivity index (χ2n) is 12.9. The number of nitrogens with zero attached hydrogens (tertiary/aromatic N) is 6. The van der Waals surface area contributed by atoms with E-state index < -0.39 is 15.6 Å². The molecule has 1 aliphatic heterocycles. The van der Waals surface area contributed by atoms with Gasteiger partial charge < -0.3 is 19.7 Å². The van der Waals surface area contributed by atoms with Crippen molar-refractivity contribution in [1.29, 1.82) is 0 Å². The molecular formula is C36H35N7O5S2. The first-order valence-corrected chi connectivity index (χ1v) is 18.3. The van der Waals surface area contributed by atoms with E-state index >= 15 is 0 Å². The Balaban J connectivity index is 1.29. The van der Waals surface area contributed by atoms with Gasteiger partial charge in [0.2, 0.25) is 0 Å². The van der Waals surface area contributed by atoms with E-state index in [9.17, 15) is 13.2 Å². The molecule has 0 aliphatic carbocycles. The van der Waals surface area contributed by atoms with Crippen LogP contribution in [0.3, 0.4) is 0 Å². The highest BCUT2D eigenvalue weighted by Gasteiger charge is 2.28. The quantitative estimate of drug-likeness (QED) is 0.173. The van der Waals surface area contributed by atoms with Crippen molar-refractivity contribution in [2.75, 3.05) is 11.9 Å². The largest absolute Gasteiger partial charge is 0.457 e. The van der Waals surface area contributed by atoms with Gasteiger partial charge in [-0.15, -0.1) is 11.3 Å². The molecule has 0 spiro atoms. The van der Waals surface area contributed by atoms with E-state index in [0.29, 0.717) is 60.0 Å². The van der Waals surface area contributed by atoms with Crippen molar-refractivity contribution in [2.24, 2.45) is 0 Å². The van der Waals surface area contributed by atoms with Crippen LogP contribution >= 0.6 is 11.3 Å². The Morgan fingerprint density at radius 1 is 0.980 bits per heavy atom. The van der Waals surface area contributed by atoms with Gasteiger partial charge in [0.15, 0.2) is 5.65 Å². The Morgan fingerprint density at radius 3 is 2.56 bits per heavy atom. The van der Waals surface area contributed by atoms with Crippen molar-refractivity contribution < 1.29 is 22.7 Å². The van der Waals surface area contributed by atoms with E-state index in [-0.39, 0.29) is 16.6 Å². The van der Waals surface area contributed by atoms with Gasteiger partial charge in [-0.25, -0.2) is 37.1 Å². The molecule has 6 aromatic rings. The third-order valence-corrected chi connectivity index (χ3v) is 10.6. The van der Waals surface area contributed by atoms with E-state index in [2.05, 4.69) is 25.3 Å². The zero-order chi connectivity index (χ0) is 35.0. The minimum Gasteiger partial charge on any atom is -0.457 e. The Hall–Kier alpha value is -5.34. The fourth-order valence-corrected chi connectivity index (χ4v) is 7.57. The molecule has 0 fully saturated rings. The molecule has 14 heteroatoms. The second-order valence-corrected chi connectivity index (χ2v) is 15.7. The summed E-state index contributed by atoms with van der Waals surface area (Å²) < 4.78 is 41.5. The zero-order valence-electron chi connectivity index (χ0n) is 28.0. The molecule has 4 aromatic heterocycles. The Morgan fingerprint density at radius 2 is 1.80 bits per heavy atom. The highest BCUT2D eigenvalue weighted by atomic mass is 32.2. The lowest BCUT2D eigenvalue weighted by molar-refractivity contribution is 0.0223. The number of nitrogens with one attached hydrogen (secondary N) is 1. The van der Waals surface area contributed by atoms with Crippen molar-refractivity contribution in [3.8, 4) is 22.8 Å². The molecule has 1 amide bonds. The normalized spacial score (nSPS) is 13.2. The first-order chi connectivity index (χ1) is 23.9. The summed E-state index contributed by atoms with van der Waals surface area (Å²) in [7, 11) is -4.07. The first kappa shape index (κ1) is 33.2. The maximum atomic E-state index is 14.1. The third kappa shape index (κ3) is 6.89. The minimum atomic E-state index is -4.07. The van der Waals surface area contributed by atoms with Crippen LogP contribution in [0.25, 0.3) is 22.3 Å². The third-order valence-electron chi connectivity index (χ3n) is 8.11. The van der Waals surface area contributed by atoms with Crippen LogP contribution in [0, 0.1) is 6.92 Å². The molecular weight excluding hydrogens is 675 g/mol. The Bertz CT molecular complexity index is 2300. The number of pyridine rings is 1. The van der Waals surface area contributed by atoms with E-state index in [1.54, 1.807) is 47.5 Å². The first-order valence-electron chi connectivity index (χ1n) is 16.0. The van der Waals surface area contributed by atoms with Crippen LogP contribution in [0.2, 0.25) is 0 Å². The van der Waals surface area contributed by atoms with Gasteiger partial charge in [0, 0.05) is 48.7 Å². The number of ether oxygens (including phenoxy) is 2. The summed E-state index contributed by atoms with van der Waals surface area (Å²) in [6.07, 6.45) is 6.53. The van der Waals surface area contributed by atoms with E-state index in [1.165, 1.54) is 34.0 Å². The lowest BCUT2D eigenvalue weighted by Crippen LogP contribution is -2.39. The molecule has 0 bridgehead atoms. The number of benzene rings is 2. The zero-order valence-corrected chi connectivity index (χ0v) is 29.6. The van der Waals surface area contributed by atoms with Crippen LogP contribution in [-0.2, 0) is 34.3 Å². The molecule has 5 heterocycles. The molecule has 50 heavy (non-hydrogen) atoms. The van der Waals surface area contributed by atoms with Crippen molar-refractivity contribution in [3.63, 3.8) is 0 Å². The smallest absolute Gasteiger partial charge is 0.410 e. The maximum absolute atomic E-state index is 14.1. The van der Waals surface area contributed by atoms with E-state index in [0.717, 1.165) is 21.7 Å². The van der Waals surface area contributed by atoms with Crippen molar-refractivity contribution in [3.05, 3.63) is 107 Å². The molecule has 0 atom stereocenters. The average molecular weight is 710 g/mol. The highest BCUT2D eigenvalue weighted by molar-refractivity contribution is 7.90. The fourth-order valence-electron chi connectivity index (χ4n) is 5.70.